The predicted octanol–water partition coefficient (Wildman–Crippen LogP) is 5.77. The van der Waals surface area contributed by atoms with E-state index in [9.17, 15) is 4.79 Å². The highest BCUT2D eigenvalue weighted by molar-refractivity contribution is 5.82. The van der Waals surface area contributed by atoms with Gasteiger partial charge in [-0.15, -0.1) is 0 Å². The van der Waals surface area contributed by atoms with Crippen molar-refractivity contribution in [3.63, 3.8) is 0 Å². The molecule has 1 saturated carbocycles. The standard InChI is InChI=1S/C30H35N5O/c1-4-21-9-11-24(12-10-21)29-30(35-18-16-22(20-34(2)3)19-28(35)33-29)25-15-17-31-27(32-25)14-13-26(36)23-7-5-6-8-23/h9-12,15-19,23H,4-8,13-14,20H2,1-3H3. The molecule has 186 valence electrons. The molecular weight excluding hydrogens is 446 g/mol. The number of fused-ring (bicyclic) bond motifs is 1. The molecule has 1 aliphatic carbocycles. The summed E-state index contributed by atoms with van der Waals surface area (Å²) in [6, 6.07) is 14.9. The van der Waals surface area contributed by atoms with Crippen molar-refractivity contribution >= 4 is 11.4 Å². The number of benzene rings is 1. The molecule has 0 saturated heterocycles. The molecular formula is C30H35N5O. The molecule has 1 aliphatic rings. The van der Waals surface area contributed by atoms with Crippen LogP contribution < -0.4 is 0 Å². The summed E-state index contributed by atoms with van der Waals surface area (Å²) in [6.45, 7) is 3.02. The number of ketones is 1. The largest absolute Gasteiger partial charge is 0.305 e. The van der Waals surface area contributed by atoms with Crippen molar-refractivity contribution in [3.05, 3.63) is 71.8 Å². The van der Waals surface area contributed by atoms with E-state index in [1.165, 1.54) is 24.0 Å². The van der Waals surface area contributed by atoms with E-state index >= 15 is 0 Å². The van der Waals surface area contributed by atoms with E-state index in [4.69, 9.17) is 9.97 Å². The minimum absolute atomic E-state index is 0.237. The van der Waals surface area contributed by atoms with Crippen molar-refractivity contribution in [1.82, 2.24) is 24.3 Å². The average Bonchev–Trinajstić information content (AvgIpc) is 3.55. The Morgan fingerprint density at radius 2 is 1.81 bits per heavy atom. The van der Waals surface area contributed by atoms with Crippen LogP contribution in [0.3, 0.4) is 0 Å². The van der Waals surface area contributed by atoms with Gasteiger partial charge in [0.1, 0.15) is 17.3 Å². The predicted molar refractivity (Wildman–Crippen MR) is 144 cm³/mol. The first-order valence-electron chi connectivity index (χ1n) is 13.1. The van der Waals surface area contributed by atoms with Crippen LogP contribution in [0.2, 0.25) is 0 Å². The van der Waals surface area contributed by atoms with Crippen molar-refractivity contribution in [1.29, 1.82) is 0 Å². The van der Waals surface area contributed by atoms with Crippen molar-refractivity contribution in [3.8, 4) is 22.6 Å². The number of rotatable bonds is 9. The topological polar surface area (TPSA) is 63.4 Å². The van der Waals surface area contributed by atoms with E-state index in [2.05, 4.69) is 77.9 Å². The summed E-state index contributed by atoms with van der Waals surface area (Å²) in [5, 5.41) is 0. The lowest BCUT2D eigenvalue weighted by Crippen LogP contribution is -2.12. The van der Waals surface area contributed by atoms with Crippen LogP contribution in [0.5, 0.6) is 0 Å². The minimum Gasteiger partial charge on any atom is -0.305 e. The molecule has 3 heterocycles. The third-order valence-corrected chi connectivity index (χ3v) is 7.18. The summed E-state index contributed by atoms with van der Waals surface area (Å²) in [5.41, 5.74) is 7.17. The van der Waals surface area contributed by atoms with Crippen LogP contribution in [0.15, 0.2) is 54.9 Å². The Bertz CT molecular complexity index is 1350. The molecule has 1 fully saturated rings. The Hall–Kier alpha value is -3.38. The number of hydrogen-bond acceptors (Lipinski definition) is 5. The second-order valence-corrected chi connectivity index (χ2v) is 10.2. The van der Waals surface area contributed by atoms with Gasteiger partial charge in [0.05, 0.1) is 17.1 Å². The number of imidazole rings is 1. The van der Waals surface area contributed by atoms with E-state index in [0.717, 1.165) is 54.1 Å². The fraction of sp³-hybridized carbons (Fsp3) is 0.400. The Morgan fingerprint density at radius 3 is 2.53 bits per heavy atom. The van der Waals surface area contributed by atoms with Gasteiger partial charge in [0.25, 0.3) is 0 Å². The number of nitrogens with zero attached hydrogens (tertiary/aromatic N) is 5. The average molecular weight is 482 g/mol. The number of carbonyl (C=O) groups is 1. The molecule has 0 spiro atoms. The SMILES string of the molecule is CCc1ccc(-c2nc3cc(CN(C)C)ccn3c2-c2ccnc(CCC(=O)C3CCCC3)n2)cc1. The monoisotopic (exact) mass is 481 g/mol. The zero-order valence-corrected chi connectivity index (χ0v) is 21.6. The highest BCUT2D eigenvalue weighted by atomic mass is 16.1. The van der Waals surface area contributed by atoms with Gasteiger partial charge in [-0.05, 0) is 62.7 Å². The highest BCUT2D eigenvalue weighted by Gasteiger charge is 2.23. The van der Waals surface area contributed by atoms with Crippen molar-refractivity contribution in [2.75, 3.05) is 14.1 Å². The number of aromatic nitrogens is 4. The number of Topliss-reactive ketones (excluding diaryl/α,β-unsaturated/α-hetero) is 1. The number of pyridine rings is 1. The maximum Gasteiger partial charge on any atom is 0.138 e. The quantitative estimate of drug-likeness (QED) is 0.303. The van der Waals surface area contributed by atoms with Crippen LogP contribution in [0.25, 0.3) is 28.3 Å². The molecule has 6 heteroatoms. The number of carbonyl (C=O) groups excluding carboxylic acids is 1. The Labute approximate surface area is 213 Å². The van der Waals surface area contributed by atoms with Crippen LogP contribution >= 0.6 is 0 Å². The van der Waals surface area contributed by atoms with Gasteiger partial charge < -0.3 is 4.90 Å². The molecule has 5 rings (SSSR count). The van der Waals surface area contributed by atoms with Gasteiger partial charge in [-0.1, -0.05) is 44.0 Å². The van der Waals surface area contributed by atoms with Crippen molar-refractivity contribution in [2.24, 2.45) is 5.92 Å². The first kappa shape index (κ1) is 24.3. The molecule has 4 aromatic rings. The lowest BCUT2D eigenvalue weighted by molar-refractivity contribution is -0.122. The summed E-state index contributed by atoms with van der Waals surface area (Å²) >= 11 is 0. The van der Waals surface area contributed by atoms with E-state index in [-0.39, 0.29) is 5.92 Å². The van der Waals surface area contributed by atoms with Crippen LogP contribution in [0, 0.1) is 5.92 Å². The maximum absolute atomic E-state index is 12.6. The summed E-state index contributed by atoms with van der Waals surface area (Å²) in [6.07, 6.45) is 10.4. The minimum atomic E-state index is 0.237. The number of aryl methyl sites for hydroxylation is 2. The van der Waals surface area contributed by atoms with Crippen LogP contribution in [0.4, 0.5) is 0 Å². The second-order valence-electron chi connectivity index (χ2n) is 10.2. The molecule has 0 bridgehead atoms. The molecule has 0 aliphatic heterocycles. The second kappa shape index (κ2) is 10.7. The molecule has 0 unspecified atom stereocenters. The van der Waals surface area contributed by atoms with E-state index in [0.29, 0.717) is 24.4 Å². The molecule has 3 aromatic heterocycles. The molecule has 1 aromatic carbocycles. The fourth-order valence-electron chi connectivity index (χ4n) is 5.23. The van der Waals surface area contributed by atoms with Crippen LogP contribution in [0.1, 0.15) is 56.0 Å². The van der Waals surface area contributed by atoms with Gasteiger partial charge in [-0.3, -0.25) is 9.20 Å². The van der Waals surface area contributed by atoms with Gasteiger partial charge in [0.15, 0.2) is 0 Å². The van der Waals surface area contributed by atoms with Crippen LogP contribution in [-0.4, -0.2) is 44.1 Å². The van der Waals surface area contributed by atoms with Gasteiger partial charge in [0, 0.05) is 43.3 Å². The van der Waals surface area contributed by atoms with E-state index in [1.807, 2.05) is 12.3 Å². The molecule has 0 radical (unpaired) electrons. The first-order valence-corrected chi connectivity index (χ1v) is 13.1. The van der Waals surface area contributed by atoms with E-state index in [1.54, 1.807) is 0 Å². The third-order valence-electron chi connectivity index (χ3n) is 7.18. The summed E-state index contributed by atoms with van der Waals surface area (Å²) < 4.78 is 2.12. The van der Waals surface area contributed by atoms with E-state index < -0.39 is 0 Å². The smallest absolute Gasteiger partial charge is 0.138 e. The molecule has 0 N–H and O–H groups in total. The summed E-state index contributed by atoms with van der Waals surface area (Å²) in [5.74, 6) is 1.31. The zero-order valence-electron chi connectivity index (χ0n) is 21.6. The summed E-state index contributed by atoms with van der Waals surface area (Å²) in [4.78, 5) is 29.3. The third kappa shape index (κ3) is 5.24. The van der Waals surface area contributed by atoms with Gasteiger partial charge in [-0.2, -0.15) is 0 Å². The Balaban J connectivity index is 1.52. The zero-order chi connectivity index (χ0) is 25.1. The van der Waals surface area contributed by atoms with Gasteiger partial charge in [0.2, 0.25) is 0 Å². The molecule has 6 nitrogen and oxygen atoms in total. The summed E-state index contributed by atoms with van der Waals surface area (Å²) in [7, 11) is 4.14. The maximum atomic E-state index is 12.6. The molecule has 36 heavy (non-hydrogen) atoms. The lowest BCUT2D eigenvalue weighted by Gasteiger charge is -2.11. The van der Waals surface area contributed by atoms with Crippen molar-refractivity contribution in [2.45, 2.75) is 58.4 Å². The first-order chi connectivity index (χ1) is 17.5. The van der Waals surface area contributed by atoms with Gasteiger partial charge >= 0.3 is 0 Å². The van der Waals surface area contributed by atoms with Crippen LogP contribution in [-0.2, 0) is 24.2 Å². The fourth-order valence-corrected chi connectivity index (χ4v) is 5.23. The Kier molecular flexibility index (Phi) is 7.23. The van der Waals surface area contributed by atoms with Gasteiger partial charge in [-0.25, -0.2) is 15.0 Å². The highest BCUT2D eigenvalue weighted by Crippen LogP contribution is 2.33. The van der Waals surface area contributed by atoms with Crippen molar-refractivity contribution < 1.29 is 4.79 Å². The number of hydrogen-bond donors (Lipinski definition) is 0. The molecule has 0 atom stereocenters. The normalized spacial score (nSPS) is 14.2. The molecule has 0 amide bonds. The Morgan fingerprint density at radius 1 is 1.03 bits per heavy atom. The lowest BCUT2D eigenvalue weighted by atomic mass is 9.99.